The van der Waals surface area contributed by atoms with Gasteiger partial charge in [-0.3, -0.25) is 4.79 Å². The van der Waals surface area contributed by atoms with Crippen LogP contribution in [-0.2, 0) is 17.8 Å². The molecule has 3 rings (SSSR count). The Morgan fingerprint density at radius 1 is 1.52 bits per heavy atom. The maximum absolute atomic E-state index is 12.9. The highest BCUT2D eigenvalue weighted by Gasteiger charge is 2.39. The predicted octanol–water partition coefficient (Wildman–Crippen LogP) is -0.131. The number of fused-ring (bicyclic) bond motifs is 1. The van der Waals surface area contributed by atoms with Crippen molar-refractivity contribution in [2.24, 2.45) is 5.73 Å². The molecule has 2 unspecified atom stereocenters. The van der Waals surface area contributed by atoms with Crippen LogP contribution >= 0.6 is 11.8 Å². The van der Waals surface area contributed by atoms with Crippen molar-refractivity contribution in [1.82, 2.24) is 20.3 Å². The summed E-state index contributed by atoms with van der Waals surface area (Å²) in [4.78, 5) is 24.3. The van der Waals surface area contributed by atoms with Crippen molar-refractivity contribution in [3.63, 3.8) is 0 Å². The molecule has 2 atom stereocenters. The van der Waals surface area contributed by atoms with Gasteiger partial charge in [-0.15, -0.1) is 5.10 Å². The summed E-state index contributed by atoms with van der Waals surface area (Å²) in [5.41, 5.74) is 6.72. The van der Waals surface area contributed by atoms with Gasteiger partial charge in [0.25, 0.3) is 0 Å². The molecule has 1 aromatic carbocycles. The second-order valence-corrected chi connectivity index (χ2v) is 7.60. The van der Waals surface area contributed by atoms with Crippen molar-refractivity contribution in [1.29, 1.82) is 0 Å². The maximum atomic E-state index is 12.9. The number of carboxylic acid groups (broad SMARTS) is 1. The van der Waals surface area contributed by atoms with Gasteiger partial charge in [0.1, 0.15) is 11.8 Å². The Kier molecular flexibility index (Phi) is 6.77. The molecule has 29 heavy (non-hydrogen) atoms. The first-order valence-corrected chi connectivity index (χ1v) is 10.4. The van der Waals surface area contributed by atoms with Gasteiger partial charge in [-0.05, 0) is 36.5 Å². The van der Waals surface area contributed by atoms with E-state index in [4.69, 9.17) is 10.4 Å². The lowest BCUT2D eigenvalue weighted by molar-refractivity contribution is -0.125. The minimum absolute atomic E-state index is 0.0268. The van der Waals surface area contributed by atoms with Gasteiger partial charge >= 0.3 is 13.1 Å². The van der Waals surface area contributed by atoms with Crippen molar-refractivity contribution >= 4 is 30.8 Å². The normalized spacial score (nSPS) is 16.7. The number of hydrogen-bond acceptors (Lipinski definition) is 8. The molecular formula is C17H22BN5O5S. The molecule has 154 valence electrons. The fraction of sp³-hybridized carbons (Fsp3) is 0.412. The third kappa shape index (κ3) is 4.71. The summed E-state index contributed by atoms with van der Waals surface area (Å²) in [5, 5.41) is 30.4. The first-order valence-electron chi connectivity index (χ1n) is 9.04. The number of para-hydroxylation sites is 1. The topological polar surface area (TPSA) is 153 Å². The third-order valence-corrected chi connectivity index (χ3v) is 5.31. The van der Waals surface area contributed by atoms with Gasteiger partial charge in [0.15, 0.2) is 0 Å². The minimum Gasteiger partial charge on any atom is -0.534 e. The number of benzene rings is 1. The molecule has 12 heteroatoms. The van der Waals surface area contributed by atoms with E-state index in [2.05, 4.69) is 15.6 Å². The van der Waals surface area contributed by atoms with Crippen LogP contribution in [-0.4, -0.2) is 62.1 Å². The molecule has 1 aromatic heterocycles. The number of amides is 1. The summed E-state index contributed by atoms with van der Waals surface area (Å²) in [5.74, 6) is -1.35. The second-order valence-electron chi connectivity index (χ2n) is 6.62. The van der Waals surface area contributed by atoms with Crippen LogP contribution in [0.5, 0.6) is 5.75 Å². The number of nitrogens with one attached hydrogen (secondary N) is 1. The Morgan fingerprint density at radius 3 is 2.97 bits per heavy atom. The molecule has 0 fully saturated rings. The van der Waals surface area contributed by atoms with Gasteiger partial charge in [-0.25, -0.2) is 9.48 Å². The SMILES string of the molecule is CSCCC(C(=O)NC1Cc2cccc(C(=O)O)c2OB1O)n1cc(CN)nn1. The number of aromatic carboxylic acids is 1. The van der Waals surface area contributed by atoms with Gasteiger partial charge in [-0.1, -0.05) is 17.3 Å². The van der Waals surface area contributed by atoms with Crippen LogP contribution in [0.25, 0.3) is 0 Å². The second kappa shape index (κ2) is 9.29. The molecule has 5 N–H and O–H groups in total. The summed E-state index contributed by atoms with van der Waals surface area (Å²) < 4.78 is 6.90. The quantitative estimate of drug-likeness (QED) is 0.429. The zero-order valence-electron chi connectivity index (χ0n) is 15.8. The van der Waals surface area contributed by atoms with Crippen molar-refractivity contribution in [3.05, 3.63) is 41.2 Å². The summed E-state index contributed by atoms with van der Waals surface area (Å²) in [6.07, 6.45) is 4.33. The molecule has 0 saturated carbocycles. The zero-order valence-corrected chi connectivity index (χ0v) is 16.6. The number of carbonyl (C=O) groups excluding carboxylic acids is 1. The highest BCUT2D eigenvalue weighted by Crippen LogP contribution is 2.30. The standard InChI is InChI=1S/C17H22BN5O5S/c1-29-6-5-13(23-9-11(8-19)21-22-23)16(24)20-14-7-10-3-2-4-12(17(25)26)15(10)28-18(14)27/h2-4,9,13-14,27H,5-8,19H2,1H3,(H,20,24)(H,25,26). The van der Waals surface area contributed by atoms with Gasteiger partial charge in [0.05, 0.1) is 23.4 Å². The minimum atomic E-state index is -1.37. The lowest BCUT2D eigenvalue weighted by Gasteiger charge is -2.30. The van der Waals surface area contributed by atoms with E-state index in [0.29, 0.717) is 17.7 Å². The summed E-state index contributed by atoms with van der Waals surface area (Å²) in [6, 6.07) is 4.11. The molecule has 0 saturated heterocycles. The monoisotopic (exact) mass is 419 g/mol. The van der Waals surface area contributed by atoms with E-state index in [9.17, 15) is 19.7 Å². The van der Waals surface area contributed by atoms with Gasteiger partial charge in [0.2, 0.25) is 5.91 Å². The van der Waals surface area contributed by atoms with Gasteiger partial charge < -0.3 is 25.8 Å². The Balaban J connectivity index is 1.77. The number of hydrogen-bond donors (Lipinski definition) is 4. The summed E-state index contributed by atoms with van der Waals surface area (Å²) in [6.45, 7) is 0.217. The molecule has 0 bridgehead atoms. The fourth-order valence-corrected chi connectivity index (χ4v) is 3.63. The zero-order chi connectivity index (χ0) is 21.0. The molecule has 10 nitrogen and oxygen atoms in total. The molecule has 0 radical (unpaired) electrons. The average Bonchev–Trinajstić information content (AvgIpc) is 3.17. The van der Waals surface area contributed by atoms with Crippen molar-refractivity contribution in [3.8, 4) is 5.75 Å². The van der Waals surface area contributed by atoms with Crippen LogP contribution in [0.1, 0.15) is 34.1 Å². The Morgan fingerprint density at radius 2 is 2.31 bits per heavy atom. The number of nitrogens with zero attached hydrogens (tertiary/aromatic N) is 3. The molecule has 1 aliphatic heterocycles. The molecule has 1 amide bonds. The molecule has 2 heterocycles. The number of thioether (sulfide) groups is 1. The molecule has 0 spiro atoms. The van der Waals surface area contributed by atoms with Gasteiger partial charge in [0, 0.05) is 6.54 Å². The molecule has 0 aliphatic carbocycles. The Labute approximate surface area is 171 Å². The largest absolute Gasteiger partial charge is 0.547 e. The van der Waals surface area contributed by atoms with E-state index >= 15 is 0 Å². The van der Waals surface area contributed by atoms with E-state index in [1.165, 1.54) is 10.7 Å². The van der Waals surface area contributed by atoms with Crippen LogP contribution in [0.3, 0.4) is 0 Å². The van der Waals surface area contributed by atoms with Crippen molar-refractivity contribution < 1.29 is 24.4 Å². The number of aromatic nitrogens is 3. The number of nitrogens with two attached hydrogens (primary N) is 1. The number of carbonyl (C=O) groups is 2. The first kappa shape index (κ1) is 21.2. The average molecular weight is 419 g/mol. The van der Waals surface area contributed by atoms with Crippen LogP contribution in [0.2, 0.25) is 0 Å². The lowest BCUT2D eigenvalue weighted by Crippen LogP contribution is -2.54. The van der Waals surface area contributed by atoms with Crippen molar-refractivity contribution in [2.45, 2.75) is 31.4 Å². The molecule has 2 aromatic rings. The van der Waals surface area contributed by atoms with Crippen LogP contribution in [0, 0.1) is 0 Å². The van der Waals surface area contributed by atoms with Gasteiger partial charge in [-0.2, -0.15) is 11.8 Å². The van der Waals surface area contributed by atoms with Crippen LogP contribution in [0.15, 0.2) is 24.4 Å². The smallest absolute Gasteiger partial charge is 0.534 e. The predicted molar refractivity (Wildman–Crippen MR) is 108 cm³/mol. The summed E-state index contributed by atoms with van der Waals surface area (Å²) >= 11 is 1.60. The van der Waals surface area contributed by atoms with Crippen LogP contribution in [0.4, 0.5) is 0 Å². The Bertz CT molecular complexity index is 895. The number of carboxylic acids is 1. The fourth-order valence-electron chi connectivity index (χ4n) is 3.17. The van der Waals surface area contributed by atoms with E-state index in [1.807, 2.05) is 6.26 Å². The van der Waals surface area contributed by atoms with E-state index < -0.39 is 25.1 Å². The third-order valence-electron chi connectivity index (χ3n) is 4.66. The summed E-state index contributed by atoms with van der Waals surface area (Å²) in [7, 11) is -1.37. The highest BCUT2D eigenvalue weighted by molar-refractivity contribution is 7.98. The molecular weight excluding hydrogens is 397 g/mol. The van der Waals surface area contributed by atoms with E-state index in [1.54, 1.807) is 30.1 Å². The van der Waals surface area contributed by atoms with E-state index in [-0.39, 0.29) is 30.2 Å². The van der Waals surface area contributed by atoms with Crippen molar-refractivity contribution in [2.75, 3.05) is 12.0 Å². The van der Waals surface area contributed by atoms with Crippen LogP contribution < -0.4 is 15.7 Å². The maximum Gasteiger partial charge on any atom is 0.547 e. The van der Waals surface area contributed by atoms with E-state index in [0.717, 1.165) is 5.75 Å². The number of rotatable bonds is 8. The lowest BCUT2D eigenvalue weighted by atomic mass is 9.72. The Hall–Kier alpha value is -2.57. The highest BCUT2D eigenvalue weighted by atomic mass is 32.2. The molecule has 1 aliphatic rings. The first-order chi connectivity index (χ1) is 13.9.